The van der Waals surface area contributed by atoms with E-state index in [0.717, 1.165) is 11.1 Å². The normalized spacial score (nSPS) is 12.8. The number of nitrogens with zero attached hydrogens (tertiary/aromatic N) is 1. The number of ketones is 1. The molecular weight excluding hydrogens is 518 g/mol. The first kappa shape index (κ1) is 31.5. The van der Waals surface area contributed by atoms with Gasteiger partial charge in [-0.3, -0.25) is 14.4 Å². The lowest BCUT2D eigenvalue weighted by Gasteiger charge is -2.27. The van der Waals surface area contributed by atoms with Crippen LogP contribution in [0, 0.1) is 5.92 Å². The second kappa shape index (κ2) is 14.1. The molecule has 218 valence electrons. The van der Waals surface area contributed by atoms with Gasteiger partial charge in [-0.25, -0.2) is 4.98 Å². The summed E-state index contributed by atoms with van der Waals surface area (Å²) in [5.74, 6) is -1.55. The number of hydrogen-bond acceptors (Lipinski definition) is 7. The van der Waals surface area contributed by atoms with E-state index in [-0.39, 0.29) is 29.5 Å². The zero-order chi connectivity index (χ0) is 30.3. The first-order valence-corrected chi connectivity index (χ1v) is 14.1. The maximum Gasteiger partial charge on any atom is 0.309 e. The van der Waals surface area contributed by atoms with Crippen LogP contribution >= 0.6 is 0 Å². The van der Waals surface area contributed by atoms with Gasteiger partial charge in [0.2, 0.25) is 5.75 Å². The van der Waals surface area contributed by atoms with Crippen molar-refractivity contribution in [3.63, 3.8) is 0 Å². The van der Waals surface area contributed by atoms with Crippen LogP contribution in [0.2, 0.25) is 0 Å². The quantitative estimate of drug-likeness (QED) is 0.171. The fraction of sp³-hybridized carbons (Fsp3) is 0.412. The van der Waals surface area contributed by atoms with Crippen LogP contribution < -0.4 is 9.47 Å². The van der Waals surface area contributed by atoms with Crippen LogP contribution in [0.5, 0.6) is 11.5 Å². The van der Waals surface area contributed by atoms with E-state index in [0.29, 0.717) is 11.8 Å². The largest absolute Gasteiger partial charge is 0.493 e. The van der Waals surface area contributed by atoms with Gasteiger partial charge in [-0.05, 0) is 41.0 Å². The molecule has 3 rings (SSSR count). The van der Waals surface area contributed by atoms with Crippen molar-refractivity contribution in [1.82, 2.24) is 4.98 Å². The van der Waals surface area contributed by atoms with Crippen LogP contribution in [0.4, 0.5) is 0 Å². The minimum Gasteiger partial charge on any atom is -0.493 e. The number of aromatic nitrogens is 1. The Kier molecular flexibility index (Phi) is 10.8. The maximum absolute atomic E-state index is 13.3. The van der Waals surface area contributed by atoms with Crippen LogP contribution in [-0.4, -0.2) is 35.9 Å². The SMILES string of the molecule is COc1ccnc(C(=O)C[C@@H](C)C(=O)O[C@@H](C)C(c2ccc(C(C)C)cc2)c2ccc(C(C)C)cc2)c1OC(C)=O. The van der Waals surface area contributed by atoms with Crippen molar-refractivity contribution >= 4 is 17.7 Å². The summed E-state index contributed by atoms with van der Waals surface area (Å²) >= 11 is 0. The molecule has 0 radical (unpaired) electrons. The number of hydrogen-bond donors (Lipinski definition) is 0. The van der Waals surface area contributed by atoms with Gasteiger partial charge in [0.15, 0.2) is 17.2 Å². The zero-order valence-corrected chi connectivity index (χ0v) is 25.3. The highest BCUT2D eigenvalue weighted by molar-refractivity contribution is 5.99. The Balaban J connectivity index is 1.82. The molecular formula is C34H41NO6. The molecule has 0 aliphatic heterocycles. The average molecular weight is 560 g/mol. The lowest BCUT2D eigenvalue weighted by Crippen LogP contribution is -2.28. The van der Waals surface area contributed by atoms with Gasteiger partial charge in [0, 0.05) is 31.5 Å². The molecule has 0 amide bonds. The third kappa shape index (κ3) is 8.03. The third-order valence-corrected chi connectivity index (χ3v) is 7.19. The van der Waals surface area contributed by atoms with Crippen molar-refractivity contribution in [2.24, 2.45) is 5.92 Å². The first-order chi connectivity index (χ1) is 19.4. The smallest absolute Gasteiger partial charge is 0.309 e. The molecule has 0 fully saturated rings. The average Bonchev–Trinajstić information content (AvgIpc) is 2.93. The number of carbonyl (C=O) groups excluding carboxylic acids is 3. The Morgan fingerprint density at radius 1 is 0.756 bits per heavy atom. The molecule has 0 saturated heterocycles. The van der Waals surface area contributed by atoms with E-state index in [1.54, 1.807) is 6.92 Å². The number of methoxy groups -OCH3 is 1. The van der Waals surface area contributed by atoms with Crippen LogP contribution in [0.3, 0.4) is 0 Å². The molecule has 1 heterocycles. The standard InChI is InChI=1S/C34H41NO6/c1-20(2)25-9-13-27(14-10-25)31(28-15-11-26(12-16-28)21(3)4)23(6)40-34(38)22(5)19-29(37)32-33(41-24(7)36)30(39-8)17-18-35-32/h9-18,20-23,31H,19H2,1-8H3/t22-,23+/m1/s1. The highest BCUT2D eigenvalue weighted by Gasteiger charge is 2.29. The molecule has 41 heavy (non-hydrogen) atoms. The molecule has 0 bridgehead atoms. The second-order valence-corrected chi connectivity index (χ2v) is 11.1. The van der Waals surface area contributed by atoms with Crippen LogP contribution in [-0.2, 0) is 14.3 Å². The summed E-state index contributed by atoms with van der Waals surface area (Å²) in [6, 6.07) is 18.4. The molecule has 2 aromatic carbocycles. The zero-order valence-electron chi connectivity index (χ0n) is 25.3. The van der Waals surface area contributed by atoms with Crippen LogP contribution in [0.15, 0.2) is 60.8 Å². The molecule has 7 nitrogen and oxygen atoms in total. The fourth-order valence-electron chi connectivity index (χ4n) is 4.77. The number of esters is 2. The lowest BCUT2D eigenvalue weighted by atomic mass is 9.85. The summed E-state index contributed by atoms with van der Waals surface area (Å²) < 4.78 is 16.4. The molecule has 0 N–H and O–H groups in total. The van der Waals surface area contributed by atoms with Gasteiger partial charge in [0.1, 0.15) is 6.10 Å². The fourth-order valence-corrected chi connectivity index (χ4v) is 4.77. The highest BCUT2D eigenvalue weighted by Crippen LogP contribution is 2.34. The minimum absolute atomic E-state index is 0.0591. The molecule has 0 spiro atoms. The van der Waals surface area contributed by atoms with E-state index in [9.17, 15) is 14.4 Å². The number of Topliss-reactive ketones (excluding diaryl/α,β-unsaturated/α-hetero) is 1. The number of rotatable bonds is 12. The van der Waals surface area contributed by atoms with Gasteiger partial charge < -0.3 is 14.2 Å². The molecule has 2 atom stereocenters. The predicted molar refractivity (Wildman–Crippen MR) is 159 cm³/mol. The van der Waals surface area contributed by atoms with E-state index in [1.807, 2.05) is 6.92 Å². The van der Waals surface area contributed by atoms with Gasteiger partial charge in [-0.2, -0.15) is 0 Å². The first-order valence-electron chi connectivity index (χ1n) is 14.1. The van der Waals surface area contributed by atoms with Crippen molar-refractivity contribution < 1.29 is 28.6 Å². The Bertz CT molecular complexity index is 1290. The lowest BCUT2D eigenvalue weighted by molar-refractivity contribution is -0.153. The summed E-state index contributed by atoms with van der Waals surface area (Å²) in [5, 5.41) is 0. The van der Waals surface area contributed by atoms with E-state index in [4.69, 9.17) is 14.2 Å². The predicted octanol–water partition coefficient (Wildman–Crippen LogP) is 7.24. The van der Waals surface area contributed by atoms with Crippen molar-refractivity contribution in [3.8, 4) is 11.5 Å². The minimum atomic E-state index is -0.754. The Hall–Kier alpha value is -4.00. The number of pyridine rings is 1. The van der Waals surface area contributed by atoms with E-state index >= 15 is 0 Å². The summed E-state index contributed by atoms with van der Waals surface area (Å²) in [6.07, 6.45) is 0.724. The van der Waals surface area contributed by atoms with E-state index < -0.39 is 29.7 Å². The Morgan fingerprint density at radius 3 is 1.68 bits per heavy atom. The van der Waals surface area contributed by atoms with Gasteiger partial charge in [-0.1, -0.05) is 83.1 Å². The monoisotopic (exact) mass is 559 g/mol. The van der Waals surface area contributed by atoms with E-state index in [1.165, 1.54) is 37.4 Å². The Labute approximate surface area is 243 Å². The van der Waals surface area contributed by atoms with Crippen molar-refractivity contribution in [2.45, 2.75) is 78.7 Å². The molecule has 3 aromatic rings. The van der Waals surface area contributed by atoms with Gasteiger partial charge in [-0.15, -0.1) is 0 Å². The van der Waals surface area contributed by atoms with Crippen LogP contribution in [0.25, 0.3) is 0 Å². The molecule has 1 aromatic heterocycles. The van der Waals surface area contributed by atoms with Crippen LogP contribution in [0.1, 0.15) is 105 Å². The molecule has 0 saturated carbocycles. The van der Waals surface area contributed by atoms with Gasteiger partial charge in [0.05, 0.1) is 13.0 Å². The topological polar surface area (TPSA) is 91.8 Å². The Morgan fingerprint density at radius 2 is 1.24 bits per heavy atom. The third-order valence-electron chi connectivity index (χ3n) is 7.19. The van der Waals surface area contributed by atoms with Gasteiger partial charge in [0.25, 0.3) is 0 Å². The summed E-state index contributed by atoms with van der Waals surface area (Å²) in [7, 11) is 1.40. The second-order valence-electron chi connectivity index (χ2n) is 11.1. The summed E-state index contributed by atoms with van der Waals surface area (Å²) in [5.41, 5.74) is 4.49. The molecule has 7 heteroatoms. The number of benzene rings is 2. The highest BCUT2D eigenvalue weighted by atomic mass is 16.6. The van der Waals surface area contributed by atoms with E-state index in [2.05, 4.69) is 81.2 Å². The van der Waals surface area contributed by atoms with Crippen molar-refractivity contribution in [1.29, 1.82) is 0 Å². The maximum atomic E-state index is 13.3. The van der Waals surface area contributed by atoms with Crippen molar-refractivity contribution in [3.05, 3.63) is 88.7 Å². The number of ether oxygens (including phenoxy) is 3. The number of carbonyl (C=O) groups is 3. The van der Waals surface area contributed by atoms with Crippen molar-refractivity contribution in [2.75, 3.05) is 7.11 Å². The molecule has 0 aliphatic rings. The van der Waals surface area contributed by atoms with Gasteiger partial charge >= 0.3 is 11.9 Å². The summed E-state index contributed by atoms with van der Waals surface area (Å²) in [4.78, 5) is 42.1. The molecule has 0 unspecified atom stereocenters. The molecule has 0 aliphatic carbocycles. The summed E-state index contributed by atoms with van der Waals surface area (Å²) in [6.45, 7) is 13.4.